The zero-order chi connectivity index (χ0) is 25.7. The van der Waals surface area contributed by atoms with Crippen LogP contribution in [-0.2, 0) is 5.41 Å². The van der Waals surface area contributed by atoms with Crippen LogP contribution in [0.15, 0.2) is 121 Å². The second kappa shape index (κ2) is 8.92. The lowest BCUT2D eigenvalue weighted by Crippen LogP contribution is -2.24. The average Bonchev–Trinajstić information content (AvgIpc) is 3.51. The van der Waals surface area contributed by atoms with Crippen molar-refractivity contribution < 1.29 is 0 Å². The molecule has 1 heterocycles. The van der Waals surface area contributed by atoms with Crippen molar-refractivity contribution in [1.82, 2.24) is 0 Å². The summed E-state index contributed by atoms with van der Waals surface area (Å²) in [5.74, 6) is 0. The van der Waals surface area contributed by atoms with Crippen LogP contribution in [0.25, 0.3) is 22.3 Å². The van der Waals surface area contributed by atoms with Gasteiger partial charge >= 0.3 is 0 Å². The molecule has 0 spiro atoms. The molecule has 2 heteroatoms. The normalized spacial score (nSPS) is 16.5. The molecule has 7 rings (SSSR count). The van der Waals surface area contributed by atoms with Gasteiger partial charge in [0.2, 0.25) is 0 Å². The van der Waals surface area contributed by atoms with E-state index in [1.807, 2.05) is 0 Å². The Balaban J connectivity index is 1.33. The van der Waals surface area contributed by atoms with Crippen LogP contribution < -0.4 is 10.2 Å². The molecule has 1 atom stereocenters. The van der Waals surface area contributed by atoms with Crippen molar-refractivity contribution in [3.8, 4) is 22.3 Å². The fraction of sp³-hybridized carbons (Fsp3) is 0.167. The van der Waals surface area contributed by atoms with Crippen LogP contribution in [0.4, 0.5) is 17.1 Å². The highest BCUT2D eigenvalue weighted by Crippen LogP contribution is 2.54. The molecule has 0 saturated heterocycles. The van der Waals surface area contributed by atoms with E-state index in [0.717, 1.165) is 12.8 Å². The van der Waals surface area contributed by atoms with E-state index in [1.165, 1.54) is 56.0 Å². The molecule has 0 amide bonds. The lowest BCUT2D eigenvalue weighted by Gasteiger charge is -2.30. The Kier molecular flexibility index (Phi) is 5.37. The summed E-state index contributed by atoms with van der Waals surface area (Å²) in [6, 6.07) is 44.4. The third kappa shape index (κ3) is 3.33. The van der Waals surface area contributed by atoms with Gasteiger partial charge < -0.3 is 10.2 Å². The van der Waals surface area contributed by atoms with Gasteiger partial charge in [-0.1, -0.05) is 105 Å². The molecule has 2 aliphatic rings. The molecule has 0 aromatic heterocycles. The highest BCUT2D eigenvalue weighted by molar-refractivity contribution is 5.86. The van der Waals surface area contributed by atoms with E-state index in [1.54, 1.807) is 0 Å². The van der Waals surface area contributed by atoms with Crippen molar-refractivity contribution in [1.29, 1.82) is 0 Å². The standard InChI is InChI=1S/C36H32N2/c1-3-36(4-2)31-15-9-8-14-29(31)30-24-27(20-23-32(30)36)35-37-33-16-10-11-17-34(33)38(35)28-21-18-26(19-22-28)25-12-6-5-7-13-25/h5-24,35,37H,3-4H2,1-2H3. The Morgan fingerprint density at radius 3 is 2.08 bits per heavy atom. The number of nitrogens with zero attached hydrogens (tertiary/aromatic N) is 1. The third-order valence-corrected chi connectivity index (χ3v) is 8.78. The van der Waals surface area contributed by atoms with Crippen LogP contribution in [0.5, 0.6) is 0 Å². The van der Waals surface area contributed by atoms with Gasteiger partial charge in [-0.3, -0.25) is 0 Å². The van der Waals surface area contributed by atoms with Gasteiger partial charge in [0, 0.05) is 11.1 Å². The minimum atomic E-state index is 0.0192. The van der Waals surface area contributed by atoms with E-state index >= 15 is 0 Å². The highest BCUT2D eigenvalue weighted by atomic mass is 15.3. The largest absolute Gasteiger partial charge is 0.359 e. The molecule has 5 aromatic rings. The Labute approximate surface area is 225 Å². The number of nitrogens with one attached hydrogen (secondary N) is 1. The van der Waals surface area contributed by atoms with Gasteiger partial charge in [-0.15, -0.1) is 0 Å². The molecule has 2 nitrogen and oxygen atoms in total. The molecule has 1 N–H and O–H groups in total. The molecule has 5 aromatic carbocycles. The third-order valence-electron chi connectivity index (χ3n) is 8.78. The summed E-state index contributed by atoms with van der Waals surface area (Å²) in [7, 11) is 0. The molecule has 1 aliphatic carbocycles. The maximum absolute atomic E-state index is 3.84. The molecule has 38 heavy (non-hydrogen) atoms. The van der Waals surface area contributed by atoms with E-state index in [4.69, 9.17) is 0 Å². The summed E-state index contributed by atoms with van der Waals surface area (Å²) >= 11 is 0. The summed E-state index contributed by atoms with van der Waals surface area (Å²) in [5, 5.41) is 3.84. The molecule has 1 aliphatic heterocycles. The number of para-hydroxylation sites is 2. The number of fused-ring (bicyclic) bond motifs is 4. The first-order valence-corrected chi connectivity index (χ1v) is 13.8. The van der Waals surface area contributed by atoms with Gasteiger partial charge in [0.15, 0.2) is 0 Å². The molecule has 1 unspecified atom stereocenters. The van der Waals surface area contributed by atoms with Gasteiger partial charge in [-0.2, -0.15) is 0 Å². The van der Waals surface area contributed by atoms with Crippen molar-refractivity contribution in [3.63, 3.8) is 0 Å². The average molecular weight is 493 g/mol. The van der Waals surface area contributed by atoms with E-state index < -0.39 is 0 Å². The molecule has 0 fully saturated rings. The van der Waals surface area contributed by atoms with Gasteiger partial charge in [0.25, 0.3) is 0 Å². The quantitative estimate of drug-likeness (QED) is 0.263. The molecular weight excluding hydrogens is 460 g/mol. The minimum absolute atomic E-state index is 0.0192. The van der Waals surface area contributed by atoms with Crippen LogP contribution in [0.3, 0.4) is 0 Å². The van der Waals surface area contributed by atoms with Crippen LogP contribution in [-0.4, -0.2) is 0 Å². The molecule has 0 radical (unpaired) electrons. The first-order valence-electron chi connectivity index (χ1n) is 13.8. The lowest BCUT2D eigenvalue weighted by atomic mass is 9.74. The predicted octanol–water partition coefficient (Wildman–Crippen LogP) is 9.70. The smallest absolute Gasteiger partial charge is 0.130 e. The maximum Gasteiger partial charge on any atom is 0.130 e. The van der Waals surface area contributed by atoms with Crippen LogP contribution in [0.2, 0.25) is 0 Å². The topological polar surface area (TPSA) is 15.3 Å². The van der Waals surface area contributed by atoms with Crippen LogP contribution in [0, 0.1) is 0 Å². The van der Waals surface area contributed by atoms with Gasteiger partial charge in [0.1, 0.15) is 6.17 Å². The van der Waals surface area contributed by atoms with Crippen molar-refractivity contribution in [2.45, 2.75) is 38.3 Å². The first kappa shape index (κ1) is 22.9. The predicted molar refractivity (Wildman–Crippen MR) is 160 cm³/mol. The van der Waals surface area contributed by atoms with Crippen LogP contribution in [0.1, 0.15) is 49.5 Å². The highest BCUT2D eigenvalue weighted by Gasteiger charge is 2.41. The maximum atomic E-state index is 3.84. The van der Waals surface area contributed by atoms with E-state index in [0.29, 0.717) is 0 Å². The lowest BCUT2D eigenvalue weighted by molar-refractivity contribution is 0.490. The van der Waals surface area contributed by atoms with E-state index in [-0.39, 0.29) is 11.6 Å². The second-order valence-corrected chi connectivity index (χ2v) is 10.5. The van der Waals surface area contributed by atoms with Gasteiger partial charge in [0.05, 0.1) is 11.4 Å². The fourth-order valence-corrected chi connectivity index (χ4v) is 6.79. The minimum Gasteiger partial charge on any atom is -0.359 e. The summed E-state index contributed by atoms with van der Waals surface area (Å²) in [6.07, 6.45) is 2.24. The van der Waals surface area contributed by atoms with Gasteiger partial charge in [-0.25, -0.2) is 0 Å². The first-order chi connectivity index (χ1) is 18.7. The second-order valence-electron chi connectivity index (χ2n) is 10.5. The Morgan fingerprint density at radius 1 is 0.632 bits per heavy atom. The zero-order valence-corrected chi connectivity index (χ0v) is 22.0. The SMILES string of the molecule is CCC1(CC)c2ccccc2-c2cc(C3Nc4ccccc4N3c3ccc(-c4ccccc4)cc3)ccc21. The van der Waals surface area contributed by atoms with Crippen LogP contribution >= 0.6 is 0 Å². The molecular formula is C36H32N2. The molecule has 0 saturated carbocycles. The molecule has 0 bridgehead atoms. The van der Waals surface area contributed by atoms with E-state index in [9.17, 15) is 0 Å². The Bertz CT molecular complexity index is 1610. The fourth-order valence-electron chi connectivity index (χ4n) is 6.79. The number of hydrogen-bond acceptors (Lipinski definition) is 2. The van der Waals surface area contributed by atoms with Crippen molar-refractivity contribution in [2.75, 3.05) is 10.2 Å². The monoisotopic (exact) mass is 492 g/mol. The summed E-state index contributed by atoms with van der Waals surface area (Å²) < 4.78 is 0. The number of anilines is 3. The van der Waals surface area contributed by atoms with Crippen molar-refractivity contribution in [2.24, 2.45) is 0 Å². The van der Waals surface area contributed by atoms with Gasteiger partial charge in [-0.05, 0) is 82.1 Å². The summed E-state index contributed by atoms with van der Waals surface area (Å²) in [4.78, 5) is 2.44. The van der Waals surface area contributed by atoms with E-state index in [2.05, 4.69) is 145 Å². The van der Waals surface area contributed by atoms with Crippen molar-refractivity contribution in [3.05, 3.63) is 138 Å². The zero-order valence-electron chi connectivity index (χ0n) is 22.0. The van der Waals surface area contributed by atoms with Crippen molar-refractivity contribution >= 4 is 17.1 Å². The summed E-state index contributed by atoms with van der Waals surface area (Å²) in [6.45, 7) is 4.67. The number of rotatable bonds is 5. The molecule has 186 valence electrons. The summed E-state index contributed by atoms with van der Waals surface area (Å²) in [5.41, 5.74) is 13.2. The Hall–Kier alpha value is -4.30. The number of benzene rings is 5. The Morgan fingerprint density at radius 2 is 1.29 bits per heavy atom. The number of hydrogen-bond donors (Lipinski definition) is 1.